The first-order valence-corrected chi connectivity index (χ1v) is 4.54. The second-order valence-corrected chi connectivity index (χ2v) is 3.06. The lowest BCUT2D eigenvalue weighted by molar-refractivity contribution is 0.201. The lowest BCUT2D eigenvalue weighted by atomic mass is 10.2. The number of aliphatic hydroxyl groups excluding tert-OH is 1. The Morgan fingerprint density at radius 1 is 1.43 bits per heavy atom. The molecule has 1 rings (SSSR count). The molecule has 14 heavy (non-hydrogen) atoms. The molecule has 0 amide bonds. The van der Waals surface area contributed by atoms with Crippen molar-refractivity contribution in [1.82, 2.24) is 0 Å². The first-order chi connectivity index (χ1) is 6.74. The van der Waals surface area contributed by atoms with Crippen LogP contribution in [0.4, 0.5) is 0 Å². The van der Waals surface area contributed by atoms with Gasteiger partial charge in [-0.25, -0.2) is 0 Å². The Labute approximate surface area is 84.5 Å². The highest BCUT2D eigenvalue weighted by Crippen LogP contribution is 2.15. The van der Waals surface area contributed by atoms with Crippen LogP contribution < -0.4 is 4.74 Å². The summed E-state index contributed by atoms with van der Waals surface area (Å²) in [5.41, 5.74) is 0.857. The zero-order chi connectivity index (χ0) is 10.4. The van der Waals surface area contributed by atoms with Crippen molar-refractivity contribution < 1.29 is 9.84 Å². The van der Waals surface area contributed by atoms with Gasteiger partial charge in [-0.15, -0.1) is 0 Å². The minimum Gasteiger partial charge on any atom is -0.495 e. The Hall–Kier alpha value is -1.46. The SMILES string of the molecule is COc1ccccc1C#CCC(C)O. The highest BCUT2D eigenvalue weighted by molar-refractivity contribution is 5.45. The first-order valence-electron chi connectivity index (χ1n) is 4.54. The average molecular weight is 190 g/mol. The number of aliphatic hydroxyl groups is 1. The second-order valence-electron chi connectivity index (χ2n) is 3.06. The van der Waals surface area contributed by atoms with Crippen LogP contribution in [0.5, 0.6) is 5.75 Å². The molecule has 2 heteroatoms. The summed E-state index contributed by atoms with van der Waals surface area (Å²) in [5.74, 6) is 6.63. The number of ether oxygens (including phenoxy) is 1. The molecule has 1 aromatic rings. The van der Waals surface area contributed by atoms with Gasteiger partial charge in [0.15, 0.2) is 0 Å². The van der Waals surface area contributed by atoms with Gasteiger partial charge < -0.3 is 9.84 Å². The van der Waals surface area contributed by atoms with Crippen LogP contribution >= 0.6 is 0 Å². The normalized spacial score (nSPS) is 11.4. The minimum absolute atomic E-state index is 0.378. The van der Waals surface area contributed by atoms with Crippen molar-refractivity contribution in [3.63, 3.8) is 0 Å². The fraction of sp³-hybridized carbons (Fsp3) is 0.333. The summed E-state index contributed by atoms with van der Waals surface area (Å²) in [6, 6.07) is 7.58. The van der Waals surface area contributed by atoms with Crippen molar-refractivity contribution in [2.45, 2.75) is 19.4 Å². The molecule has 0 radical (unpaired) electrons. The largest absolute Gasteiger partial charge is 0.495 e. The van der Waals surface area contributed by atoms with Gasteiger partial charge in [-0.2, -0.15) is 0 Å². The number of benzene rings is 1. The summed E-state index contributed by atoms with van der Waals surface area (Å²) in [6.07, 6.45) is 0.107. The van der Waals surface area contributed by atoms with Crippen molar-refractivity contribution in [2.24, 2.45) is 0 Å². The van der Waals surface area contributed by atoms with Gasteiger partial charge in [0.2, 0.25) is 0 Å². The fourth-order valence-corrected chi connectivity index (χ4v) is 1.04. The van der Waals surface area contributed by atoms with E-state index in [0.717, 1.165) is 11.3 Å². The number of hydrogen-bond donors (Lipinski definition) is 1. The maximum Gasteiger partial charge on any atom is 0.134 e. The molecule has 0 saturated carbocycles. The average Bonchev–Trinajstić information content (AvgIpc) is 2.18. The molecule has 2 nitrogen and oxygen atoms in total. The van der Waals surface area contributed by atoms with E-state index in [1.54, 1.807) is 14.0 Å². The predicted octanol–water partition coefficient (Wildman–Crippen LogP) is 1.82. The first kappa shape index (κ1) is 10.6. The molecule has 1 atom stereocenters. The summed E-state index contributed by atoms with van der Waals surface area (Å²) in [4.78, 5) is 0. The van der Waals surface area contributed by atoms with E-state index in [4.69, 9.17) is 9.84 Å². The Morgan fingerprint density at radius 3 is 2.79 bits per heavy atom. The highest BCUT2D eigenvalue weighted by atomic mass is 16.5. The van der Waals surface area contributed by atoms with Crippen LogP contribution in [0.3, 0.4) is 0 Å². The number of methoxy groups -OCH3 is 1. The van der Waals surface area contributed by atoms with E-state index in [1.807, 2.05) is 24.3 Å². The van der Waals surface area contributed by atoms with Crippen molar-refractivity contribution in [3.8, 4) is 17.6 Å². The Bertz CT molecular complexity index is 345. The third kappa shape index (κ3) is 3.12. The Kier molecular flexibility index (Phi) is 4.03. The summed E-state index contributed by atoms with van der Waals surface area (Å²) in [7, 11) is 1.62. The van der Waals surface area contributed by atoms with Crippen molar-refractivity contribution >= 4 is 0 Å². The molecule has 1 N–H and O–H groups in total. The standard InChI is InChI=1S/C12H14O2/c1-10(13)6-5-8-11-7-3-4-9-12(11)14-2/h3-4,7,9-10,13H,6H2,1-2H3. The number of hydrogen-bond acceptors (Lipinski definition) is 2. The molecular formula is C12H14O2. The maximum absolute atomic E-state index is 9.02. The summed E-state index contributed by atoms with van der Waals surface area (Å²) in [6.45, 7) is 1.72. The number of rotatable bonds is 2. The van der Waals surface area contributed by atoms with E-state index in [9.17, 15) is 0 Å². The smallest absolute Gasteiger partial charge is 0.134 e. The Balaban J connectivity index is 2.78. The molecule has 0 fully saturated rings. The molecule has 1 unspecified atom stereocenters. The molecule has 0 aliphatic heterocycles. The van der Waals surface area contributed by atoms with Crippen LogP contribution in [0.1, 0.15) is 18.9 Å². The highest BCUT2D eigenvalue weighted by Gasteiger charge is 1.96. The zero-order valence-electron chi connectivity index (χ0n) is 8.45. The van der Waals surface area contributed by atoms with E-state index in [1.165, 1.54) is 0 Å². The van der Waals surface area contributed by atoms with Crippen LogP contribution in [-0.4, -0.2) is 18.3 Å². The van der Waals surface area contributed by atoms with Gasteiger partial charge >= 0.3 is 0 Å². The lowest BCUT2D eigenvalue weighted by Crippen LogP contribution is -1.95. The molecule has 0 saturated heterocycles. The van der Waals surface area contributed by atoms with E-state index < -0.39 is 0 Å². The zero-order valence-corrected chi connectivity index (χ0v) is 8.45. The molecule has 1 aromatic carbocycles. The van der Waals surface area contributed by atoms with Crippen LogP contribution in [-0.2, 0) is 0 Å². The molecule has 0 spiro atoms. The molecule has 74 valence electrons. The quantitative estimate of drug-likeness (QED) is 0.721. The van der Waals surface area contributed by atoms with Crippen LogP contribution in [0.25, 0.3) is 0 Å². The molecule has 0 heterocycles. The third-order valence-electron chi connectivity index (χ3n) is 1.73. The van der Waals surface area contributed by atoms with E-state index in [0.29, 0.717) is 6.42 Å². The van der Waals surface area contributed by atoms with E-state index >= 15 is 0 Å². The van der Waals surface area contributed by atoms with E-state index in [-0.39, 0.29) is 6.10 Å². The maximum atomic E-state index is 9.02. The predicted molar refractivity (Wildman–Crippen MR) is 56.2 cm³/mol. The second kappa shape index (κ2) is 5.31. The Morgan fingerprint density at radius 2 is 2.14 bits per heavy atom. The topological polar surface area (TPSA) is 29.5 Å². The molecule has 0 aliphatic rings. The van der Waals surface area contributed by atoms with Gasteiger partial charge in [-0.1, -0.05) is 24.0 Å². The van der Waals surface area contributed by atoms with Gasteiger partial charge in [0, 0.05) is 6.42 Å². The lowest BCUT2D eigenvalue weighted by Gasteiger charge is -2.01. The molecule has 0 aromatic heterocycles. The number of para-hydroxylation sites is 1. The van der Waals surface area contributed by atoms with Crippen molar-refractivity contribution in [1.29, 1.82) is 0 Å². The van der Waals surface area contributed by atoms with Gasteiger partial charge in [-0.3, -0.25) is 0 Å². The van der Waals surface area contributed by atoms with Crippen LogP contribution in [0.15, 0.2) is 24.3 Å². The van der Waals surface area contributed by atoms with Crippen molar-refractivity contribution in [3.05, 3.63) is 29.8 Å². The van der Waals surface area contributed by atoms with Crippen LogP contribution in [0.2, 0.25) is 0 Å². The molecule has 0 bridgehead atoms. The van der Waals surface area contributed by atoms with Gasteiger partial charge in [0.1, 0.15) is 5.75 Å². The summed E-state index contributed by atoms with van der Waals surface area (Å²) >= 11 is 0. The fourth-order valence-electron chi connectivity index (χ4n) is 1.04. The van der Waals surface area contributed by atoms with E-state index in [2.05, 4.69) is 11.8 Å². The third-order valence-corrected chi connectivity index (χ3v) is 1.73. The minimum atomic E-state index is -0.378. The molecular weight excluding hydrogens is 176 g/mol. The van der Waals surface area contributed by atoms with Crippen molar-refractivity contribution in [2.75, 3.05) is 7.11 Å². The summed E-state index contributed by atoms with van der Waals surface area (Å²) < 4.78 is 5.14. The van der Waals surface area contributed by atoms with Crippen LogP contribution in [0, 0.1) is 11.8 Å². The van der Waals surface area contributed by atoms with Gasteiger partial charge in [0.05, 0.1) is 18.8 Å². The van der Waals surface area contributed by atoms with Gasteiger partial charge in [-0.05, 0) is 19.1 Å². The monoisotopic (exact) mass is 190 g/mol. The summed E-state index contributed by atoms with van der Waals surface area (Å²) in [5, 5.41) is 9.02. The van der Waals surface area contributed by atoms with Gasteiger partial charge in [0.25, 0.3) is 0 Å². The molecule has 0 aliphatic carbocycles.